The molecule has 1 atom stereocenters. The van der Waals surface area contributed by atoms with Crippen molar-refractivity contribution in [2.24, 2.45) is 0 Å². The van der Waals surface area contributed by atoms with Crippen LogP contribution in [0, 0.1) is 0 Å². The van der Waals surface area contributed by atoms with Crippen LogP contribution in [0.5, 0.6) is 0 Å². The van der Waals surface area contributed by atoms with Gasteiger partial charge >= 0.3 is 0 Å². The number of benzene rings is 7. The molecule has 48 heavy (non-hydrogen) atoms. The van der Waals surface area contributed by atoms with Gasteiger partial charge in [-0.05, 0) is 71.3 Å². The van der Waals surface area contributed by atoms with E-state index in [1.807, 2.05) is 0 Å². The molecule has 7 aromatic carbocycles. The predicted molar refractivity (Wildman–Crippen MR) is 202 cm³/mol. The zero-order valence-electron chi connectivity index (χ0n) is 26.5. The van der Waals surface area contributed by atoms with Gasteiger partial charge in [-0.3, -0.25) is 0 Å². The predicted octanol–water partition coefficient (Wildman–Crippen LogP) is 11.1. The van der Waals surface area contributed by atoms with Crippen molar-refractivity contribution in [3.63, 3.8) is 0 Å². The maximum absolute atomic E-state index is 3.71. The summed E-state index contributed by atoms with van der Waals surface area (Å²) in [5.74, 6) is 0. The van der Waals surface area contributed by atoms with Crippen LogP contribution in [-0.2, 0) is 0 Å². The summed E-state index contributed by atoms with van der Waals surface area (Å²) in [5.41, 5.74) is 13.2. The average Bonchev–Trinajstić information content (AvgIpc) is 3.79. The van der Waals surface area contributed by atoms with Crippen LogP contribution in [0.3, 0.4) is 0 Å². The van der Waals surface area contributed by atoms with E-state index >= 15 is 0 Å². The van der Waals surface area contributed by atoms with Crippen LogP contribution in [0.1, 0.15) is 11.7 Å². The van der Waals surface area contributed by atoms with E-state index in [0.717, 1.165) is 11.4 Å². The first kappa shape index (κ1) is 26.9. The third-order valence-electron chi connectivity index (χ3n) is 10.1. The molecule has 0 fully saturated rings. The van der Waals surface area contributed by atoms with Gasteiger partial charge in [0.2, 0.25) is 0 Å². The van der Waals surface area contributed by atoms with Crippen LogP contribution in [-0.4, -0.2) is 16.2 Å². The molecule has 0 bridgehead atoms. The smallest absolute Gasteiger partial charge is 0.125 e. The Morgan fingerprint density at radius 1 is 0.479 bits per heavy atom. The number of anilines is 2. The van der Waals surface area contributed by atoms with Crippen LogP contribution in [0.15, 0.2) is 164 Å². The fraction of sp³-hybridized carbons (Fsp3) is 0.0455. The summed E-state index contributed by atoms with van der Waals surface area (Å²) in [7, 11) is 2.17. The summed E-state index contributed by atoms with van der Waals surface area (Å²) in [6, 6.07) is 59.4. The lowest BCUT2D eigenvalue weighted by atomic mass is 10.0. The Morgan fingerprint density at radius 3 is 1.96 bits per heavy atom. The van der Waals surface area contributed by atoms with Gasteiger partial charge in [-0.2, -0.15) is 0 Å². The molecule has 2 aromatic heterocycles. The summed E-state index contributed by atoms with van der Waals surface area (Å²) in [5, 5.41) is 8.77. The van der Waals surface area contributed by atoms with Crippen LogP contribution in [0.2, 0.25) is 0 Å². The van der Waals surface area contributed by atoms with Gasteiger partial charge in [0.1, 0.15) is 6.17 Å². The van der Waals surface area contributed by atoms with Crippen molar-refractivity contribution in [2.75, 3.05) is 17.3 Å². The van der Waals surface area contributed by atoms with E-state index < -0.39 is 0 Å². The number of fused-ring (bicyclic) bond motifs is 8. The minimum absolute atomic E-state index is 0.115. The van der Waals surface area contributed by atoms with Crippen LogP contribution in [0.25, 0.3) is 66.1 Å². The standard InChI is InChI=1S/C44H32N4/c1-46-41-28-31(23-25-37(41)45-44(46)29-13-4-2-5-14-29)30-15-12-18-33(27-30)47-39-22-11-9-20-36(39)42-40(47)26-24-35-34-19-8-10-21-38(34)48(43(35)42)32-16-6-3-7-17-32/h2-28,44-45H,1H3. The first-order chi connectivity index (χ1) is 23.7. The van der Waals surface area contributed by atoms with Crippen molar-refractivity contribution in [3.05, 3.63) is 169 Å². The van der Waals surface area contributed by atoms with Gasteiger partial charge in [0.25, 0.3) is 0 Å². The maximum Gasteiger partial charge on any atom is 0.125 e. The summed E-state index contributed by atoms with van der Waals surface area (Å²) in [6.45, 7) is 0. The highest BCUT2D eigenvalue weighted by molar-refractivity contribution is 6.26. The SMILES string of the molecule is CN1c2cc(-c3cccc(-n4c5ccccc5c5c4ccc4c6ccccc6n(-c6ccccc6)c45)c3)ccc2NC1c1ccccc1. The van der Waals surface area contributed by atoms with Gasteiger partial charge in [0.15, 0.2) is 0 Å². The van der Waals surface area contributed by atoms with E-state index in [2.05, 4.69) is 190 Å². The normalized spacial score (nSPS) is 14.3. The van der Waals surface area contributed by atoms with Gasteiger partial charge in [-0.25, -0.2) is 0 Å². The summed E-state index contributed by atoms with van der Waals surface area (Å²) < 4.78 is 4.88. The first-order valence-corrected chi connectivity index (χ1v) is 16.5. The van der Waals surface area contributed by atoms with E-state index in [0.29, 0.717) is 0 Å². The molecule has 1 aliphatic heterocycles. The molecule has 0 amide bonds. The Hall–Kier alpha value is -6.26. The molecule has 4 nitrogen and oxygen atoms in total. The molecule has 0 saturated carbocycles. The number of rotatable bonds is 4. The molecule has 1 N–H and O–H groups in total. The second-order valence-corrected chi connectivity index (χ2v) is 12.7. The molecule has 0 aliphatic carbocycles. The summed E-state index contributed by atoms with van der Waals surface area (Å²) >= 11 is 0. The molecule has 0 saturated heterocycles. The molecule has 228 valence electrons. The number of nitrogens with zero attached hydrogens (tertiary/aromatic N) is 3. The second-order valence-electron chi connectivity index (χ2n) is 12.7. The van der Waals surface area contributed by atoms with Gasteiger partial charge in [0.05, 0.1) is 33.4 Å². The lowest BCUT2D eigenvalue weighted by Gasteiger charge is -2.22. The Balaban J connectivity index is 1.17. The molecular formula is C44H32N4. The Morgan fingerprint density at radius 2 is 1.15 bits per heavy atom. The zero-order chi connectivity index (χ0) is 31.8. The van der Waals surface area contributed by atoms with Crippen LogP contribution >= 0.6 is 0 Å². The monoisotopic (exact) mass is 616 g/mol. The van der Waals surface area contributed by atoms with Crippen molar-refractivity contribution in [2.45, 2.75) is 6.17 Å². The number of hydrogen-bond acceptors (Lipinski definition) is 2. The van der Waals surface area contributed by atoms with E-state index in [4.69, 9.17) is 0 Å². The highest BCUT2D eigenvalue weighted by atomic mass is 15.3. The van der Waals surface area contributed by atoms with E-state index in [1.54, 1.807) is 0 Å². The molecule has 1 aliphatic rings. The fourth-order valence-corrected chi connectivity index (χ4v) is 7.91. The maximum atomic E-state index is 3.71. The highest BCUT2D eigenvalue weighted by Gasteiger charge is 2.27. The number of nitrogens with one attached hydrogen (secondary N) is 1. The molecule has 4 heteroatoms. The lowest BCUT2D eigenvalue weighted by molar-refractivity contribution is 0.792. The third kappa shape index (κ3) is 3.90. The number of aromatic nitrogens is 2. The Labute approximate surface area is 278 Å². The highest BCUT2D eigenvalue weighted by Crippen LogP contribution is 2.44. The van der Waals surface area contributed by atoms with Crippen LogP contribution < -0.4 is 10.2 Å². The molecule has 9 aromatic rings. The Kier molecular flexibility index (Phi) is 5.82. The largest absolute Gasteiger partial charge is 0.360 e. The topological polar surface area (TPSA) is 25.1 Å². The minimum atomic E-state index is 0.115. The van der Waals surface area contributed by atoms with Gasteiger partial charge < -0.3 is 19.4 Å². The zero-order valence-corrected chi connectivity index (χ0v) is 26.5. The van der Waals surface area contributed by atoms with Crippen LogP contribution in [0.4, 0.5) is 11.4 Å². The third-order valence-corrected chi connectivity index (χ3v) is 10.1. The summed E-state index contributed by atoms with van der Waals surface area (Å²) in [6.07, 6.45) is 0.115. The van der Waals surface area contributed by atoms with Crippen molar-refractivity contribution >= 4 is 55.0 Å². The molecular weight excluding hydrogens is 585 g/mol. The number of para-hydroxylation sites is 3. The van der Waals surface area contributed by atoms with Gasteiger partial charge in [-0.15, -0.1) is 0 Å². The molecule has 3 heterocycles. The average molecular weight is 617 g/mol. The van der Waals surface area contributed by atoms with Gasteiger partial charge in [0, 0.05) is 40.0 Å². The number of hydrogen-bond donors (Lipinski definition) is 1. The molecule has 10 rings (SSSR count). The van der Waals surface area contributed by atoms with Gasteiger partial charge in [-0.1, -0.05) is 109 Å². The van der Waals surface area contributed by atoms with Crippen molar-refractivity contribution in [1.82, 2.24) is 9.13 Å². The first-order valence-electron chi connectivity index (χ1n) is 16.5. The van der Waals surface area contributed by atoms with Crippen molar-refractivity contribution < 1.29 is 0 Å². The molecule has 0 radical (unpaired) electrons. The molecule has 0 spiro atoms. The summed E-state index contributed by atoms with van der Waals surface area (Å²) in [4.78, 5) is 2.34. The van der Waals surface area contributed by atoms with E-state index in [1.165, 1.54) is 71.7 Å². The van der Waals surface area contributed by atoms with Crippen molar-refractivity contribution in [3.8, 4) is 22.5 Å². The van der Waals surface area contributed by atoms with E-state index in [9.17, 15) is 0 Å². The van der Waals surface area contributed by atoms with Crippen molar-refractivity contribution in [1.29, 1.82) is 0 Å². The minimum Gasteiger partial charge on any atom is -0.360 e. The lowest BCUT2D eigenvalue weighted by Crippen LogP contribution is -2.23. The quantitative estimate of drug-likeness (QED) is 0.213. The Bertz CT molecular complexity index is 2670. The molecule has 1 unspecified atom stereocenters. The fourth-order valence-electron chi connectivity index (χ4n) is 7.91. The second kappa shape index (κ2) is 10.4. The van der Waals surface area contributed by atoms with E-state index in [-0.39, 0.29) is 6.17 Å².